The maximum Gasteiger partial charge on any atom is 0.156 e. The van der Waals surface area contributed by atoms with Gasteiger partial charge >= 0.3 is 0 Å². The summed E-state index contributed by atoms with van der Waals surface area (Å²) in [4.78, 5) is 0. The van der Waals surface area contributed by atoms with Crippen LogP contribution in [0, 0.1) is 11.3 Å². The van der Waals surface area contributed by atoms with Crippen molar-refractivity contribution in [1.82, 2.24) is 5.32 Å². The van der Waals surface area contributed by atoms with Crippen molar-refractivity contribution in [2.24, 2.45) is 11.3 Å². The van der Waals surface area contributed by atoms with Crippen LogP contribution in [0.15, 0.2) is 23.7 Å². The second-order valence-electron chi connectivity index (χ2n) is 5.60. The summed E-state index contributed by atoms with van der Waals surface area (Å²) in [6.45, 7) is 1.00. The highest BCUT2D eigenvalue weighted by molar-refractivity contribution is 5.27. The van der Waals surface area contributed by atoms with E-state index in [1.54, 1.807) is 14.2 Å². The summed E-state index contributed by atoms with van der Waals surface area (Å²) in [5, 5.41) is 3.34. The summed E-state index contributed by atoms with van der Waals surface area (Å²) >= 11 is 0. The van der Waals surface area contributed by atoms with Crippen LogP contribution in [0.25, 0.3) is 0 Å². The van der Waals surface area contributed by atoms with Gasteiger partial charge in [0.05, 0.1) is 14.2 Å². The lowest BCUT2D eigenvalue weighted by Crippen LogP contribution is -2.36. The summed E-state index contributed by atoms with van der Waals surface area (Å²) in [5.74, 6) is 2.75. The molecule has 0 radical (unpaired) electrons. The minimum absolute atomic E-state index is 0.202. The lowest BCUT2D eigenvalue weighted by Gasteiger charge is -2.39. The Morgan fingerprint density at radius 3 is 2.61 bits per heavy atom. The van der Waals surface area contributed by atoms with Crippen molar-refractivity contribution in [1.29, 1.82) is 0 Å². The van der Waals surface area contributed by atoms with Crippen LogP contribution >= 0.6 is 0 Å². The molecule has 18 heavy (non-hydrogen) atoms. The number of rotatable bonds is 6. The zero-order valence-corrected chi connectivity index (χ0v) is 11.8. The zero-order valence-electron chi connectivity index (χ0n) is 11.8. The summed E-state index contributed by atoms with van der Waals surface area (Å²) in [5.41, 5.74) is 0.202. The Balaban J connectivity index is 2.12. The summed E-state index contributed by atoms with van der Waals surface area (Å²) < 4.78 is 10.9. The molecule has 3 nitrogen and oxygen atoms in total. The third-order valence-corrected chi connectivity index (χ3v) is 4.29. The van der Waals surface area contributed by atoms with E-state index in [0.717, 1.165) is 30.4 Å². The maximum atomic E-state index is 5.51. The van der Waals surface area contributed by atoms with Gasteiger partial charge in [-0.3, -0.25) is 0 Å². The molecule has 0 aromatic rings. The smallest absolute Gasteiger partial charge is 0.156 e. The standard InChI is InChI=1S/C15H25NO2/c1-16-11-15(9-12-5-4-6-12)8-7-13(17-2)14(10-15)18-3/h7-8,12,16H,4-6,9-11H2,1-3H3. The molecule has 2 aliphatic carbocycles. The van der Waals surface area contributed by atoms with Gasteiger partial charge in [-0.2, -0.15) is 0 Å². The average Bonchev–Trinajstić information content (AvgIpc) is 2.34. The van der Waals surface area contributed by atoms with E-state index in [-0.39, 0.29) is 5.41 Å². The first-order valence-electron chi connectivity index (χ1n) is 6.88. The number of hydrogen-bond acceptors (Lipinski definition) is 3. The Bertz CT molecular complexity index is 344. The van der Waals surface area contributed by atoms with E-state index in [9.17, 15) is 0 Å². The highest BCUT2D eigenvalue weighted by Gasteiger charge is 2.36. The average molecular weight is 251 g/mol. The van der Waals surface area contributed by atoms with Crippen molar-refractivity contribution in [2.75, 3.05) is 27.8 Å². The fraction of sp³-hybridized carbons (Fsp3) is 0.733. The Morgan fingerprint density at radius 1 is 1.33 bits per heavy atom. The zero-order chi connectivity index (χ0) is 13.0. The fourth-order valence-corrected chi connectivity index (χ4v) is 3.12. The van der Waals surface area contributed by atoms with Crippen LogP contribution in [-0.4, -0.2) is 27.8 Å². The third kappa shape index (κ3) is 2.72. The highest BCUT2D eigenvalue weighted by Crippen LogP contribution is 2.44. The molecule has 1 saturated carbocycles. The number of allylic oxidation sites excluding steroid dienone is 2. The number of methoxy groups -OCH3 is 2. The molecule has 0 saturated heterocycles. The normalized spacial score (nSPS) is 28.2. The summed E-state index contributed by atoms with van der Waals surface area (Å²) in [6.07, 6.45) is 10.8. The van der Waals surface area contributed by atoms with Crippen LogP contribution < -0.4 is 5.32 Å². The van der Waals surface area contributed by atoms with Gasteiger partial charge < -0.3 is 14.8 Å². The Hall–Kier alpha value is -0.960. The highest BCUT2D eigenvalue weighted by atomic mass is 16.5. The van der Waals surface area contributed by atoms with E-state index >= 15 is 0 Å². The molecule has 0 aromatic heterocycles. The van der Waals surface area contributed by atoms with Crippen molar-refractivity contribution in [2.45, 2.75) is 32.1 Å². The molecule has 102 valence electrons. The largest absolute Gasteiger partial charge is 0.497 e. The molecular formula is C15H25NO2. The molecule has 0 spiro atoms. The monoisotopic (exact) mass is 251 g/mol. The molecule has 0 aliphatic heterocycles. The molecule has 1 unspecified atom stereocenters. The van der Waals surface area contributed by atoms with Crippen LogP contribution in [0.1, 0.15) is 32.1 Å². The van der Waals surface area contributed by atoms with Crippen molar-refractivity contribution in [3.8, 4) is 0 Å². The van der Waals surface area contributed by atoms with Gasteiger partial charge in [-0.25, -0.2) is 0 Å². The molecule has 0 heterocycles. The summed E-state index contributed by atoms with van der Waals surface area (Å²) in [7, 11) is 5.47. The van der Waals surface area contributed by atoms with E-state index < -0.39 is 0 Å². The molecule has 0 bridgehead atoms. The van der Waals surface area contributed by atoms with Crippen molar-refractivity contribution < 1.29 is 9.47 Å². The van der Waals surface area contributed by atoms with Crippen LogP contribution in [-0.2, 0) is 9.47 Å². The van der Waals surface area contributed by atoms with Crippen LogP contribution in [0.5, 0.6) is 0 Å². The quantitative estimate of drug-likeness (QED) is 0.787. The molecule has 1 fully saturated rings. The van der Waals surface area contributed by atoms with Gasteiger partial charge in [-0.15, -0.1) is 0 Å². The van der Waals surface area contributed by atoms with E-state index in [2.05, 4.69) is 17.5 Å². The molecule has 3 heteroatoms. The molecule has 1 N–H and O–H groups in total. The van der Waals surface area contributed by atoms with Gasteiger partial charge in [0.25, 0.3) is 0 Å². The Morgan fingerprint density at radius 2 is 2.11 bits per heavy atom. The van der Waals surface area contributed by atoms with Gasteiger partial charge in [0.1, 0.15) is 5.76 Å². The molecule has 0 amide bonds. The van der Waals surface area contributed by atoms with Gasteiger partial charge in [0.15, 0.2) is 5.76 Å². The molecular weight excluding hydrogens is 226 g/mol. The maximum absolute atomic E-state index is 5.51. The van der Waals surface area contributed by atoms with E-state index in [1.807, 2.05) is 7.05 Å². The van der Waals surface area contributed by atoms with E-state index in [0.29, 0.717) is 0 Å². The van der Waals surface area contributed by atoms with Crippen LogP contribution in [0.2, 0.25) is 0 Å². The van der Waals surface area contributed by atoms with Crippen molar-refractivity contribution in [3.05, 3.63) is 23.7 Å². The van der Waals surface area contributed by atoms with Crippen LogP contribution in [0.4, 0.5) is 0 Å². The van der Waals surface area contributed by atoms with E-state index in [1.165, 1.54) is 25.7 Å². The Kier molecular flexibility index (Phi) is 4.33. The fourth-order valence-electron chi connectivity index (χ4n) is 3.12. The Labute approximate surface area is 110 Å². The molecule has 2 aliphatic rings. The number of ether oxygens (including phenoxy) is 2. The van der Waals surface area contributed by atoms with Gasteiger partial charge in [0.2, 0.25) is 0 Å². The summed E-state index contributed by atoms with van der Waals surface area (Å²) in [6, 6.07) is 0. The second-order valence-corrected chi connectivity index (χ2v) is 5.60. The topological polar surface area (TPSA) is 30.5 Å². The molecule has 1 atom stereocenters. The lowest BCUT2D eigenvalue weighted by atomic mass is 9.68. The van der Waals surface area contributed by atoms with Crippen LogP contribution in [0.3, 0.4) is 0 Å². The predicted octanol–water partition coefficient (Wildman–Crippen LogP) is 2.85. The third-order valence-electron chi connectivity index (χ3n) is 4.29. The molecule has 0 aromatic carbocycles. The first kappa shape index (κ1) is 13.5. The first-order chi connectivity index (χ1) is 8.73. The number of nitrogens with one attached hydrogen (secondary N) is 1. The van der Waals surface area contributed by atoms with Crippen molar-refractivity contribution in [3.63, 3.8) is 0 Å². The van der Waals surface area contributed by atoms with Gasteiger partial charge in [0, 0.05) is 18.4 Å². The first-order valence-corrected chi connectivity index (χ1v) is 6.88. The minimum Gasteiger partial charge on any atom is -0.497 e. The lowest BCUT2D eigenvalue weighted by molar-refractivity contribution is 0.148. The molecule has 2 rings (SSSR count). The number of hydrogen-bond donors (Lipinski definition) is 1. The van der Waals surface area contributed by atoms with E-state index in [4.69, 9.17) is 9.47 Å². The predicted molar refractivity (Wildman–Crippen MR) is 73.1 cm³/mol. The SMILES string of the molecule is CNCC1(CC2CCC2)C=CC(OC)=C(OC)C1. The van der Waals surface area contributed by atoms with Gasteiger partial charge in [-0.05, 0) is 25.5 Å². The van der Waals surface area contributed by atoms with Gasteiger partial charge in [-0.1, -0.05) is 25.3 Å². The second kappa shape index (κ2) is 5.79. The van der Waals surface area contributed by atoms with Crippen molar-refractivity contribution >= 4 is 0 Å². The minimum atomic E-state index is 0.202.